The molecule has 1 saturated heterocycles. The van der Waals surface area contributed by atoms with Crippen LogP contribution in [0.3, 0.4) is 0 Å². The lowest BCUT2D eigenvalue weighted by Crippen LogP contribution is -2.41. The molecule has 1 unspecified atom stereocenters. The minimum absolute atomic E-state index is 0.127. The fraction of sp³-hybridized carbons (Fsp3) is 0.667. The summed E-state index contributed by atoms with van der Waals surface area (Å²) in [4.78, 5) is 15.3. The highest BCUT2D eigenvalue weighted by molar-refractivity contribution is 5.80. The number of aryl methyl sites for hydroxylation is 1. The Morgan fingerprint density at radius 1 is 1.24 bits per heavy atom. The smallest absolute Gasteiger partial charge is 0.225 e. The molecule has 1 spiro atoms. The number of ether oxygens (including phenoxy) is 1. The Morgan fingerprint density at radius 3 is 2.56 bits per heavy atom. The number of hydrogen-bond acceptors (Lipinski definition) is 3. The first-order valence-electron chi connectivity index (χ1n) is 9.74. The molecule has 1 heterocycles. The Balaban J connectivity index is 1.65. The third-order valence-electron chi connectivity index (χ3n) is 6.08. The number of benzene rings is 1. The summed E-state index contributed by atoms with van der Waals surface area (Å²) in [6.07, 6.45) is 6.00. The summed E-state index contributed by atoms with van der Waals surface area (Å²) < 4.78 is 5.07. The van der Waals surface area contributed by atoms with Gasteiger partial charge in [-0.3, -0.25) is 9.69 Å². The first-order chi connectivity index (χ1) is 12.2. The van der Waals surface area contributed by atoms with Crippen molar-refractivity contribution in [3.05, 3.63) is 35.4 Å². The first-order valence-corrected chi connectivity index (χ1v) is 9.74. The van der Waals surface area contributed by atoms with Crippen LogP contribution in [0.2, 0.25) is 0 Å². The number of hydrogen-bond donors (Lipinski definition) is 1. The zero-order valence-electron chi connectivity index (χ0n) is 15.7. The topological polar surface area (TPSA) is 41.6 Å². The largest absolute Gasteiger partial charge is 0.383 e. The SMILES string of the molecule is CCc1ccc(CN2CC(C(=O)NCCOC)C3(CCCC3)C2)cc1. The zero-order chi connectivity index (χ0) is 17.7. The Kier molecular flexibility index (Phi) is 6.13. The second kappa shape index (κ2) is 8.33. The molecule has 0 aromatic heterocycles. The third kappa shape index (κ3) is 4.24. The van der Waals surface area contributed by atoms with Crippen molar-refractivity contribution in [2.75, 3.05) is 33.4 Å². The van der Waals surface area contributed by atoms with Crippen LogP contribution in [0.15, 0.2) is 24.3 Å². The van der Waals surface area contributed by atoms with Crippen LogP contribution in [0, 0.1) is 11.3 Å². The molecule has 25 heavy (non-hydrogen) atoms. The number of carbonyl (C=O) groups is 1. The quantitative estimate of drug-likeness (QED) is 0.773. The van der Waals surface area contributed by atoms with Gasteiger partial charge in [0.2, 0.25) is 5.91 Å². The molecule has 1 aromatic carbocycles. The summed E-state index contributed by atoms with van der Waals surface area (Å²) in [6.45, 7) is 6.28. The highest BCUT2D eigenvalue weighted by Crippen LogP contribution is 2.49. The second-order valence-corrected chi connectivity index (χ2v) is 7.75. The van der Waals surface area contributed by atoms with E-state index in [4.69, 9.17) is 4.74 Å². The summed E-state index contributed by atoms with van der Waals surface area (Å²) in [5, 5.41) is 3.09. The van der Waals surface area contributed by atoms with E-state index in [-0.39, 0.29) is 17.2 Å². The number of nitrogens with zero attached hydrogens (tertiary/aromatic N) is 1. The van der Waals surface area contributed by atoms with Crippen LogP contribution in [-0.2, 0) is 22.5 Å². The van der Waals surface area contributed by atoms with Crippen LogP contribution >= 0.6 is 0 Å². The molecule has 2 fully saturated rings. The van der Waals surface area contributed by atoms with E-state index in [1.54, 1.807) is 7.11 Å². The van der Waals surface area contributed by atoms with Gasteiger partial charge in [0.15, 0.2) is 0 Å². The number of rotatable bonds is 7. The van der Waals surface area contributed by atoms with Gasteiger partial charge in [0.1, 0.15) is 0 Å². The van der Waals surface area contributed by atoms with Crippen LogP contribution in [-0.4, -0.2) is 44.2 Å². The molecule has 1 aliphatic heterocycles. The molecule has 4 heteroatoms. The first kappa shape index (κ1) is 18.4. The number of methoxy groups -OCH3 is 1. The van der Waals surface area contributed by atoms with Crippen molar-refractivity contribution >= 4 is 5.91 Å². The molecule has 1 aromatic rings. The van der Waals surface area contributed by atoms with E-state index >= 15 is 0 Å². The van der Waals surface area contributed by atoms with Crippen molar-refractivity contribution < 1.29 is 9.53 Å². The Morgan fingerprint density at radius 2 is 1.92 bits per heavy atom. The van der Waals surface area contributed by atoms with Crippen LogP contribution in [0.25, 0.3) is 0 Å². The van der Waals surface area contributed by atoms with Crippen molar-refractivity contribution in [3.8, 4) is 0 Å². The maximum absolute atomic E-state index is 12.8. The monoisotopic (exact) mass is 344 g/mol. The van der Waals surface area contributed by atoms with E-state index in [0.717, 1.165) is 26.1 Å². The summed E-state index contributed by atoms with van der Waals surface area (Å²) in [7, 11) is 1.67. The van der Waals surface area contributed by atoms with Crippen LogP contribution < -0.4 is 5.32 Å². The molecule has 1 atom stereocenters. The van der Waals surface area contributed by atoms with Gasteiger partial charge in [-0.25, -0.2) is 0 Å². The normalized spacial score (nSPS) is 22.6. The molecule has 0 bridgehead atoms. The van der Waals surface area contributed by atoms with Gasteiger partial charge < -0.3 is 10.1 Å². The van der Waals surface area contributed by atoms with Gasteiger partial charge in [-0.2, -0.15) is 0 Å². The number of carbonyl (C=O) groups excluding carboxylic acids is 1. The molecule has 1 N–H and O–H groups in total. The highest BCUT2D eigenvalue weighted by Gasteiger charge is 2.50. The predicted molar refractivity (Wildman–Crippen MR) is 100 cm³/mol. The zero-order valence-corrected chi connectivity index (χ0v) is 15.7. The average molecular weight is 344 g/mol. The fourth-order valence-corrected chi connectivity index (χ4v) is 4.68. The van der Waals surface area contributed by atoms with E-state index in [9.17, 15) is 4.79 Å². The van der Waals surface area contributed by atoms with E-state index in [0.29, 0.717) is 13.2 Å². The predicted octanol–water partition coefficient (Wildman–Crippen LogP) is 3.00. The maximum atomic E-state index is 12.8. The summed E-state index contributed by atoms with van der Waals surface area (Å²) >= 11 is 0. The van der Waals surface area contributed by atoms with Crippen LogP contribution in [0.4, 0.5) is 0 Å². The van der Waals surface area contributed by atoms with Gasteiger partial charge in [-0.05, 0) is 35.8 Å². The third-order valence-corrected chi connectivity index (χ3v) is 6.08. The molecule has 2 aliphatic rings. The summed E-state index contributed by atoms with van der Waals surface area (Å²) in [6, 6.07) is 8.94. The van der Waals surface area contributed by atoms with Crippen LogP contribution in [0.5, 0.6) is 0 Å². The molecule has 3 rings (SSSR count). The van der Waals surface area contributed by atoms with Crippen molar-refractivity contribution in [3.63, 3.8) is 0 Å². The minimum atomic E-state index is 0.127. The van der Waals surface area contributed by atoms with Gasteiger partial charge in [0.25, 0.3) is 0 Å². The Labute approximate surface area is 151 Å². The summed E-state index contributed by atoms with van der Waals surface area (Å²) in [5.74, 6) is 0.351. The molecule has 1 saturated carbocycles. The molecule has 4 nitrogen and oxygen atoms in total. The van der Waals surface area contributed by atoms with Gasteiger partial charge in [-0.15, -0.1) is 0 Å². The number of likely N-dealkylation sites (tertiary alicyclic amines) is 1. The van der Waals surface area contributed by atoms with Crippen molar-refractivity contribution in [1.82, 2.24) is 10.2 Å². The molecule has 0 radical (unpaired) electrons. The van der Waals surface area contributed by atoms with E-state index in [1.165, 1.54) is 36.8 Å². The van der Waals surface area contributed by atoms with E-state index < -0.39 is 0 Å². The Bertz CT molecular complexity index is 564. The highest BCUT2D eigenvalue weighted by atomic mass is 16.5. The molecular weight excluding hydrogens is 312 g/mol. The Hall–Kier alpha value is -1.39. The van der Waals surface area contributed by atoms with Crippen molar-refractivity contribution in [2.24, 2.45) is 11.3 Å². The van der Waals surface area contributed by atoms with Gasteiger partial charge in [0, 0.05) is 33.3 Å². The molecule has 138 valence electrons. The van der Waals surface area contributed by atoms with Gasteiger partial charge in [-0.1, -0.05) is 44.0 Å². The summed E-state index contributed by atoms with van der Waals surface area (Å²) in [5.41, 5.74) is 2.93. The van der Waals surface area contributed by atoms with Crippen LogP contribution in [0.1, 0.15) is 43.7 Å². The maximum Gasteiger partial charge on any atom is 0.225 e. The fourth-order valence-electron chi connectivity index (χ4n) is 4.68. The standard InChI is InChI=1S/C21H32N2O2/c1-3-17-6-8-18(9-7-17)14-23-15-19(20(24)22-12-13-25-2)21(16-23)10-4-5-11-21/h6-9,19H,3-5,10-16H2,1-2H3,(H,22,24). The lowest BCUT2D eigenvalue weighted by atomic mass is 9.76. The number of nitrogens with one attached hydrogen (secondary N) is 1. The van der Waals surface area contributed by atoms with Gasteiger partial charge in [0.05, 0.1) is 12.5 Å². The molecule has 1 aliphatic carbocycles. The van der Waals surface area contributed by atoms with Crippen molar-refractivity contribution in [2.45, 2.75) is 45.6 Å². The van der Waals surface area contributed by atoms with E-state index in [2.05, 4.69) is 41.4 Å². The second-order valence-electron chi connectivity index (χ2n) is 7.75. The van der Waals surface area contributed by atoms with E-state index in [1.807, 2.05) is 0 Å². The number of amides is 1. The van der Waals surface area contributed by atoms with Gasteiger partial charge >= 0.3 is 0 Å². The molecular formula is C21H32N2O2. The lowest BCUT2D eigenvalue weighted by molar-refractivity contribution is -0.127. The lowest BCUT2D eigenvalue weighted by Gasteiger charge is -2.29. The minimum Gasteiger partial charge on any atom is -0.383 e. The average Bonchev–Trinajstić information content (AvgIpc) is 3.23. The molecule has 1 amide bonds. The van der Waals surface area contributed by atoms with Crippen molar-refractivity contribution in [1.29, 1.82) is 0 Å².